The van der Waals surface area contributed by atoms with E-state index < -0.39 is 21.9 Å². The molecule has 0 aliphatic carbocycles. The number of benzene rings is 1. The van der Waals surface area contributed by atoms with E-state index in [9.17, 15) is 18.5 Å². The van der Waals surface area contributed by atoms with Gasteiger partial charge in [0, 0.05) is 36.8 Å². The van der Waals surface area contributed by atoms with Gasteiger partial charge in [-0.1, -0.05) is 0 Å². The zero-order chi connectivity index (χ0) is 25.1. The molecule has 1 fully saturated rings. The molecule has 0 bridgehead atoms. The second-order valence-corrected chi connectivity index (χ2v) is 10.3. The average molecular weight is 492 g/mol. The number of anilines is 1. The summed E-state index contributed by atoms with van der Waals surface area (Å²) in [5.41, 5.74) is 0.951. The predicted octanol–water partition coefficient (Wildman–Crippen LogP) is 2.45. The van der Waals surface area contributed by atoms with Crippen LogP contribution < -0.4 is 23.8 Å². The second-order valence-electron chi connectivity index (χ2n) is 8.84. The number of rotatable bonds is 6. The monoisotopic (exact) mass is 491 g/mol. The van der Waals surface area contributed by atoms with E-state index in [-0.39, 0.29) is 6.04 Å². The summed E-state index contributed by atoms with van der Waals surface area (Å²) in [6.07, 6.45) is 1.42. The van der Waals surface area contributed by atoms with E-state index in [0.717, 1.165) is 5.39 Å². The highest BCUT2D eigenvalue weighted by molar-refractivity contribution is 7.88. The number of amides is 1. The fraction of sp³-hybridized carbons (Fsp3) is 0.500. The van der Waals surface area contributed by atoms with Crippen LogP contribution in [-0.4, -0.2) is 58.4 Å². The first-order valence-corrected chi connectivity index (χ1v) is 12.2. The van der Waals surface area contributed by atoms with Crippen molar-refractivity contribution in [3.05, 3.63) is 23.9 Å². The van der Waals surface area contributed by atoms with Gasteiger partial charge in [-0.15, -0.1) is 0 Å². The SMILES string of the molecule is COc1cc2ncc(C#N)c(N3CCC(NS(=O)(=O)NC(=O)OC(C)(C)C)CC3)c2cc1OC. The van der Waals surface area contributed by atoms with Gasteiger partial charge in [0.05, 0.1) is 31.0 Å². The van der Waals surface area contributed by atoms with Crippen LogP contribution in [0.25, 0.3) is 10.9 Å². The van der Waals surface area contributed by atoms with Crippen LogP contribution in [-0.2, 0) is 14.9 Å². The van der Waals surface area contributed by atoms with Crippen molar-refractivity contribution in [1.82, 2.24) is 14.4 Å². The van der Waals surface area contributed by atoms with Crippen molar-refractivity contribution in [2.24, 2.45) is 0 Å². The molecular formula is C22H29N5O6S. The highest BCUT2D eigenvalue weighted by atomic mass is 32.2. The van der Waals surface area contributed by atoms with Crippen LogP contribution in [0.5, 0.6) is 11.5 Å². The molecule has 12 heteroatoms. The molecule has 0 saturated carbocycles. The van der Waals surface area contributed by atoms with Crippen LogP contribution in [0.4, 0.5) is 10.5 Å². The Bertz CT molecular complexity index is 1210. The van der Waals surface area contributed by atoms with Crippen LogP contribution in [0.1, 0.15) is 39.2 Å². The molecule has 1 aliphatic rings. The molecule has 2 N–H and O–H groups in total. The molecule has 184 valence electrons. The first-order chi connectivity index (χ1) is 16.0. The lowest BCUT2D eigenvalue weighted by Gasteiger charge is -2.34. The van der Waals surface area contributed by atoms with E-state index in [1.165, 1.54) is 20.4 Å². The number of carbonyl (C=O) groups is 1. The third-order valence-electron chi connectivity index (χ3n) is 5.21. The molecule has 11 nitrogen and oxygen atoms in total. The Morgan fingerprint density at radius 3 is 2.35 bits per heavy atom. The lowest BCUT2D eigenvalue weighted by molar-refractivity contribution is 0.0569. The van der Waals surface area contributed by atoms with Crippen LogP contribution in [0.2, 0.25) is 0 Å². The van der Waals surface area contributed by atoms with Crippen LogP contribution in [0, 0.1) is 11.3 Å². The largest absolute Gasteiger partial charge is 0.493 e. The third kappa shape index (κ3) is 5.98. The Labute approximate surface area is 199 Å². The van der Waals surface area contributed by atoms with Crippen molar-refractivity contribution < 1.29 is 27.4 Å². The number of hydrogen-bond acceptors (Lipinski definition) is 9. The number of nitrogens with zero attached hydrogens (tertiary/aromatic N) is 3. The minimum absolute atomic E-state index is 0.385. The summed E-state index contributed by atoms with van der Waals surface area (Å²) in [7, 11) is -1.01. The fourth-order valence-corrected chi connectivity index (χ4v) is 4.80. The summed E-state index contributed by atoms with van der Waals surface area (Å²) >= 11 is 0. The Balaban J connectivity index is 1.76. The van der Waals surface area contributed by atoms with Gasteiger partial charge in [-0.25, -0.2) is 9.52 Å². The molecule has 1 aliphatic heterocycles. The van der Waals surface area contributed by atoms with Gasteiger partial charge < -0.3 is 19.1 Å². The fourth-order valence-electron chi connectivity index (χ4n) is 3.81. The highest BCUT2D eigenvalue weighted by Crippen LogP contribution is 2.38. The quantitative estimate of drug-likeness (QED) is 0.623. The molecule has 1 amide bonds. The molecular weight excluding hydrogens is 462 g/mol. The van der Waals surface area contributed by atoms with E-state index in [4.69, 9.17) is 14.2 Å². The van der Waals surface area contributed by atoms with Gasteiger partial charge in [0.25, 0.3) is 0 Å². The number of nitriles is 1. The number of fused-ring (bicyclic) bond motifs is 1. The summed E-state index contributed by atoms with van der Waals surface area (Å²) in [6, 6.07) is 5.35. The van der Waals surface area contributed by atoms with Gasteiger partial charge in [0.2, 0.25) is 0 Å². The lowest BCUT2D eigenvalue weighted by atomic mass is 10.0. The summed E-state index contributed by atoms with van der Waals surface area (Å²) in [5, 5.41) is 10.4. The number of carbonyl (C=O) groups excluding carboxylic acids is 1. The molecule has 1 aromatic heterocycles. The molecule has 0 unspecified atom stereocenters. The molecule has 0 spiro atoms. The smallest absolute Gasteiger partial charge is 0.422 e. The van der Waals surface area contributed by atoms with Crippen molar-refractivity contribution in [3.8, 4) is 17.6 Å². The maximum atomic E-state index is 12.3. The van der Waals surface area contributed by atoms with Gasteiger partial charge in [-0.05, 0) is 39.7 Å². The molecule has 0 atom stereocenters. The first kappa shape index (κ1) is 25.3. The van der Waals surface area contributed by atoms with Crippen molar-refractivity contribution >= 4 is 32.9 Å². The molecule has 0 radical (unpaired) electrons. The zero-order valence-corrected chi connectivity index (χ0v) is 20.7. The lowest BCUT2D eigenvalue weighted by Crippen LogP contribution is -2.50. The van der Waals surface area contributed by atoms with Crippen LogP contribution in [0.15, 0.2) is 18.3 Å². The molecule has 34 heavy (non-hydrogen) atoms. The van der Waals surface area contributed by atoms with E-state index in [2.05, 4.69) is 15.8 Å². The molecule has 1 saturated heterocycles. The second kappa shape index (κ2) is 9.90. The Morgan fingerprint density at radius 1 is 1.18 bits per heavy atom. The molecule has 2 aromatic rings. The number of ether oxygens (including phenoxy) is 3. The van der Waals surface area contributed by atoms with Gasteiger partial charge in [-0.3, -0.25) is 4.98 Å². The van der Waals surface area contributed by atoms with Gasteiger partial charge in [0.1, 0.15) is 11.7 Å². The number of hydrogen-bond donors (Lipinski definition) is 2. The third-order valence-corrected chi connectivity index (χ3v) is 6.29. The Kier molecular flexibility index (Phi) is 7.38. The summed E-state index contributed by atoms with van der Waals surface area (Å²) in [4.78, 5) is 18.2. The molecule has 3 rings (SSSR count). The van der Waals surface area contributed by atoms with Crippen LogP contribution in [0.3, 0.4) is 0 Å². The average Bonchev–Trinajstić information content (AvgIpc) is 2.75. The predicted molar refractivity (Wildman–Crippen MR) is 126 cm³/mol. The van der Waals surface area contributed by atoms with Crippen molar-refractivity contribution in [1.29, 1.82) is 5.26 Å². The Morgan fingerprint density at radius 2 is 1.79 bits per heavy atom. The summed E-state index contributed by atoms with van der Waals surface area (Å²) < 4.78 is 44.8. The van der Waals surface area contributed by atoms with E-state index >= 15 is 0 Å². The number of piperidine rings is 1. The van der Waals surface area contributed by atoms with Crippen molar-refractivity contribution in [2.45, 2.75) is 45.3 Å². The minimum Gasteiger partial charge on any atom is -0.493 e. The normalized spacial score (nSPS) is 15.0. The Hall–Kier alpha value is -3.30. The van der Waals surface area contributed by atoms with Gasteiger partial charge >= 0.3 is 16.3 Å². The summed E-state index contributed by atoms with van der Waals surface area (Å²) in [5.74, 6) is 1.05. The number of pyridine rings is 1. The maximum Gasteiger partial charge on any atom is 0.422 e. The molecule has 2 heterocycles. The van der Waals surface area contributed by atoms with Gasteiger partial charge in [0.15, 0.2) is 11.5 Å². The van der Waals surface area contributed by atoms with E-state index in [1.807, 2.05) is 9.62 Å². The standard InChI is InChI=1S/C22H29N5O6S/c1-22(2,3)33-21(28)26-34(29,30)25-15-6-8-27(9-7-15)20-14(12-23)13-24-17-11-19(32-5)18(31-4)10-16(17)20/h10-11,13,15,25H,6-9H2,1-5H3,(H,26,28). The van der Waals surface area contributed by atoms with E-state index in [0.29, 0.717) is 54.2 Å². The van der Waals surface area contributed by atoms with Gasteiger partial charge in [-0.2, -0.15) is 18.4 Å². The number of aromatic nitrogens is 1. The highest BCUT2D eigenvalue weighted by Gasteiger charge is 2.28. The first-order valence-electron chi connectivity index (χ1n) is 10.7. The van der Waals surface area contributed by atoms with Crippen molar-refractivity contribution in [3.63, 3.8) is 0 Å². The van der Waals surface area contributed by atoms with E-state index in [1.54, 1.807) is 32.9 Å². The number of nitrogens with one attached hydrogen (secondary N) is 2. The number of methoxy groups -OCH3 is 2. The topological polar surface area (TPSA) is 143 Å². The zero-order valence-electron chi connectivity index (χ0n) is 19.8. The van der Waals surface area contributed by atoms with Crippen molar-refractivity contribution in [2.75, 3.05) is 32.2 Å². The van der Waals surface area contributed by atoms with Crippen LogP contribution >= 0.6 is 0 Å². The maximum absolute atomic E-state index is 12.3. The summed E-state index contributed by atoms with van der Waals surface area (Å²) in [6.45, 7) is 5.91. The molecule has 1 aromatic carbocycles. The minimum atomic E-state index is -4.08.